The van der Waals surface area contributed by atoms with Crippen LogP contribution in [0.3, 0.4) is 0 Å². The van der Waals surface area contributed by atoms with E-state index in [0.717, 1.165) is 17.7 Å². The van der Waals surface area contributed by atoms with Crippen LogP contribution in [-0.4, -0.2) is 17.1 Å². The average Bonchev–Trinajstić information content (AvgIpc) is 2.47. The van der Waals surface area contributed by atoms with Gasteiger partial charge in [0.05, 0.1) is 16.3 Å². The van der Waals surface area contributed by atoms with Gasteiger partial charge in [-0.15, -0.1) is 0 Å². The van der Waals surface area contributed by atoms with E-state index in [1.807, 2.05) is 6.07 Å². The molecule has 0 aromatic heterocycles. The fourth-order valence-corrected chi connectivity index (χ4v) is 2.10. The van der Waals surface area contributed by atoms with Gasteiger partial charge in [-0.25, -0.2) is 8.99 Å². The zero-order chi connectivity index (χ0) is 9.47. The van der Waals surface area contributed by atoms with Crippen LogP contribution < -0.4 is 4.74 Å². The summed E-state index contributed by atoms with van der Waals surface area (Å²) in [5.74, 6) is 0.868. The number of ether oxygens (including phenoxy) is 1. The summed E-state index contributed by atoms with van der Waals surface area (Å²) in [6.07, 6.45) is 2.29. The van der Waals surface area contributed by atoms with Crippen molar-refractivity contribution in [2.45, 2.75) is 11.3 Å². The van der Waals surface area contributed by atoms with E-state index in [2.05, 4.69) is 0 Å². The molecular formula is C9H11NO2S. The summed E-state index contributed by atoms with van der Waals surface area (Å²) < 4.78 is 24.1. The minimum absolute atomic E-state index is 0.594. The molecule has 1 aromatic rings. The van der Waals surface area contributed by atoms with Gasteiger partial charge in [-0.05, 0) is 23.8 Å². The summed E-state index contributed by atoms with van der Waals surface area (Å²) in [5.41, 5.74) is 1.07. The monoisotopic (exact) mass is 197 g/mol. The Bertz CT molecular complexity index is 437. The fourth-order valence-electron chi connectivity index (χ4n) is 1.41. The molecule has 0 spiro atoms. The lowest BCUT2D eigenvalue weighted by Gasteiger charge is -2.03. The van der Waals surface area contributed by atoms with Crippen molar-refractivity contribution in [1.82, 2.24) is 0 Å². The van der Waals surface area contributed by atoms with Gasteiger partial charge in [0.1, 0.15) is 5.75 Å². The summed E-state index contributed by atoms with van der Waals surface area (Å²) in [6.45, 7) is 0.696. The molecule has 13 heavy (non-hydrogen) atoms. The molecule has 0 amide bonds. The van der Waals surface area contributed by atoms with Crippen molar-refractivity contribution in [1.29, 1.82) is 4.78 Å². The second-order valence-electron chi connectivity index (χ2n) is 3.21. The van der Waals surface area contributed by atoms with E-state index >= 15 is 0 Å². The van der Waals surface area contributed by atoms with Crippen LogP contribution in [0.25, 0.3) is 0 Å². The largest absolute Gasteiger partial charge is 0.493 e. The van der Waals surface area contributed by atoms with Crippen LogP contribution in [0, 0.1) is 4.78 Å². The first-order chi connectivity index (χ1) is 6.07. The normalized spacial score (nSPS) is 18.8. The Morgan fingerprint density at radius 3 is 3.00 bits per heavy atom. The predicted octanol–water partition coefficient (Wildman–Crippen LogP) is 1.66. The minimum Gasteiger partial charge on any atom is -0.493 e. The molecule has 3 nitrogen and oxygen atoms in total. The van der Waals surface area contributed by atoms with Gasteiger partial charge < -0.3 is 4.74 Å². The van der Waals surface area contributed by atoms with Crippen molar-refractivity contribution >= 4 is 9.73 Å². The van der Waals surface area contributed by atoms with Crippen molar-refractivity contribution in [3.8, 4) is 5.75 Å². The third-order valence-electron chi connectivity index (χ3n) is 2.11. The van der Waals surface area contributed by atoms with Gasteiger partial charge >= 0.3 is 0 Å². The average molecular weight is 197 g/mol. The standard InChI is InChI=1S/C9H11NO2S/c1-13(10,11)8-2-3-9-7(6-8)4-5-12-9/h2-3,6,10H,4-5H2,1H3. The Balaban J connectivity index is 2.54. The predicted molar refractivity (Wildman–Crippen MR) is 50.7 cm³/mol. The zero-order valence-electron chi connectivity index (χ0n) is 7.37. The second kappa shape index (κ2) is 2.73. The maximum absolute atomic E-state index is 11.4. The Labute approximate surface area is 77.7 Å². The van der Waals surface area contributed by atoms with Gasteiger partial charge in [-0.1, -0.05) is 0 Å². The van der Waals surface area contributed by atoms with E-state index in [1.54, 1.807) is 12.1 Å². The van der Waals surface area contributed by atoms with Crippen LogP contribution in [0.2, 0.25) is 0 Å². The summed E-state index contributed by atoms with van der Waals surface area (Å²) in [4.78, 5) is 0.594. The van der Waals surface area contributed by atoms with E-state index in [-0.39, 0.29) is 0 Å². The molecule has 1 N–H and O–H groups in total. The van der Waals surface area contributed by atoms with Gasteiger partial charge in [-0.2, -0.15) is 0 Å². The van der Waals surface area contributed by atoms with E-state index < -0.39 is 9.73 Å². The third kappa shape index (κ3) is 1.54. The molecule has 4 heteroatoms. The maximum Gasteiger partial charge on any atom is 0.122 e. The highest BCUT2D eigenvalue weighted by Gasteiger charge is 2.14. The lowest BCUT2D eigenvalue weighted by Crippen LogP contribution is -1.95. The number of rotatable bonds is 1. The zero-order valence-corrected chi connectivity index (χ0v) is 8.19. The topological polar surface area (TPSA) is 50.2 Å². The number of benzene rings is 1. The molecule has 1 aliphatic heterocycles. The van der Waals surface area contributed by atoms with Crippen LogP contribution in [0.5, 0.6) is 5.75 Å². The first-order valence-corrected chi connectivity index (χ1v) is 6.03. The van der Waals surface area contributed by atoms with Crippen molar-refractivity contribution in [3.63, 3.8) is 0 Å². The van der Waals surface area contributed by atoms with E-state index in [9.17, 15) is 4.21 Å². The lowest BCUT2D eigenvalue weighted by atomic mass is 10.2. The molecule has 2 rings (SSSR count). The number of fused-ring (bicyclic) bond motifs is 1. The van der Waals surface area contributed by atoms with Crippen molar-refractivity contribution in [2.75, 3.05) is 12.9 Å². The van der Waals surface area contributed by atoms with Gasteiger partial charge in [-0.3, -0.25) is 0 Å². The SMILES string of the molecule is CS(=N)(=O)c1ccc2c(c1)CCO2. The van der Waals surface area contributed by atoms with Gasteiger partial charge in [0, 0.05) is 17.6 Å². The van der Waals surface area contributed by atoms with Crippen LogP contribution >= 0.6 is 0 Å². The molecule has 0 bridgehead atoms. The molecule has 0 aliphatic carbocycles. The number of hydrogen-bond donors (Lipinski definition) is 1. The molecule has 1 aliphatic rings. The van der Waals surface area contributed by atoms with Crippen LogP contribution in [0.1, 0.15) is 5.56 Å². The number of hydrogen-bond acceptors (Lipinski definition) is 3. The molecule has 0 saturated carbocycles. The van der Waals surface area contributed by atoms with E-state index in [4.69, 9.17) is 9.52 Å². The highest BCUT2D eigenvalue weighted by molar-refractivity contribution is 7.91. The highest BCUT2D eigenvalue weighted by atomic mass is 32.2. The minimum atomic E-state index is -2.58. The summed E-state index contributed by atoms with van der Waals surface area (Å²) >= 11 is 0. The first-order valence-electron chi connectivity index (χ1n) is 4.07. The Morgan fingerprint density at radius 1 is 1.54 bits per heavy atom. The molecule has 1 unspecified atom stereocenters. The van der Waals surface area contributed by atoms with E-state index in [0.29, 0.717) is 11.5 Å². The molecule has 70 valence electrons. The molecule has 0 radical (unpaired) electrons. The maximum atomic E-state index is 11.4. The molecule has 1 atom stereocenters. The third-order valence-corrected chi connectivity index (χ3v) is 3.26. The first kappa shape index (κ1) is 8.56. The van der Waals surface area contributed by atoms with Crippen molar-refractivity contribution in [3.05, 3.63) is 23.8 Å². The Morgan fingerprint density at radius 2 is 2.31 bits per heavy atom. The highest BCUT2D eigenvalue weighted by Crippen LogP contribution is 2.27. The summed E-state index contributed by atoms with van der Waals surface area (Å²) in [6, 6.07) is 5.33. The molecule has 0 saturated heterocycles. The van der Waals surface area contributed by atoms with E-state index in [1.165, 1.54) is 6.26 Å². The van der Waals surface area contributed by atoms with Gasteiger partial charge in [0.25, 0.3) is 0 Å². The Hall–Kier alpha value is -1.03. The van der Waals surface area contributed by atoms with Crippen molar-refractivity contribution in [2.24, 2.45) is 0 Å². The molecular weight excluding hydrogens is 186 g/mol. The quantitative estimate of drug-likeness (QED) is 0.744. The van der Waals surface area contributed by atoms with Gasteiger partial charge in [0.2, 0.25) is 0 Å². The molecule has 0 fully saturated rings. The second-order valence-corrected chi connectivity index (χ2v) is 5.37. The summed E-state index contributed by atoms with van der Waals surface area (Å²) in [5, 5.41) is 0. The van der Waals surface area contributed by atoms with Crippen LogP contribution in [0.4, 0.5) is 0 Å². The number of nitrogens with one attached hydrogen (secondary N) is 1. The smallest absolute Gasteiger partial charge is 0.122 e. The van der Waals surface area contributed by atoms with Gasteiger partial charge in [0.15, 0.2) is 0 Å². The van der Waals surface area contributed by atoms with Crippen LogP contribution in [-0.2, 0) is 16.1 Å². The Kier molecular flexibility index (Phi) is 1.80. The molecule has 1 aromatic carbocycles. The summed E-state index contributed by atoms with van der Waals surface area (Å²) in [7, 11) is -2.58. The van der Waals surface area contributed by atoms with Crippen molar-refractivity contribution < 1.29 is 8.95 Å². The van der Waals surface area contributed by atoms with Crippen LogP contribution in [0.15, 0.2) is 23.1 Å². The lowest BCUT2D eigenvalue weighted by molar-refractivity contribution is 0.356. The fraction of sp³-hybridized carbons (Fsp3) is 0.333. The molecule has 1 heterocycles.